The summed E-state index contributed by atoms with van der Waals surface area (Å²) in [5.41, 5.74) is 1.88. The van der Waals surface area contributed by atoms with Crippen molar-refractivity contribution < 1.29 is 9.90 Å². The van der Waals surface area contributed by atoms with Crippen LogP contribution in [0.25, 0.3) is 6.08 Å². The Morgan fingerprint density at radius 1 is 1.50 bits per heavy atom. The van der Waals surface area contributed by atoms with Crippen LogP contribution in [0, 0.1) is 6.92 Å². The number of rotatable bonds is 3. The second-order valence-electron chi connectivity index (χ2n) is 4.29. The molecule has 2 rings (SSSR count). The van der Waals surface area contributed by atoms with Gasteiger partial charge in [0.05, 0.1) is 0 Å². The zero-order valence-corrected chi connectivity index (χ0v) is 10.3. The summed E-state index contributed by atoms with van der Waals surface area (Å²) >= 11 is 0. The van der Waals surface area contributed by atoms with Gasteiger partial charge in [-0.3, -0.25) is 0 Å². The van der Waals surface area contributed by atoms with Crippen molar-refractivity contribution in [1.82, 2.24) is 4.98 Å². The third-order valence-corrected chi connectivity index (χ3v) is 2.85. The molecule has 0 bridgehead atoms. The zero-order valence-electron chi connectivity index (χ0n) is 10.3. The molecule has 1 aliphatic rings. The quantitative estimate of drug-likeness (QED) is 0.654. The van der Waals surface area contributed by atoms with Gasteiger partial charge in [-0.2, -0.15) is 0 Å². The minimum absolute atomic E-state index is 0.811. The molecule has 0 aromatic carbocycles. The fraction of sp³-hybridized carbons (Fsp3) is 0.286. The van der Waals surface area contributed by atoms with Crippen LogP contribution in [-0.2, 0) is 4.79 Å². The first-order valence-corrected chi connectivity index (χ1v) is 5.94. The lowest BCUT2D eigenvalue weighted by Crippen LogP contribution is -2.28. The van der Waals surface area contributed by atoms with Gasteiger partial charge >= 0.3 is 5.97 Å². The van der Waals surface area contributed by atoms with Gasteiger partial charge in [0.1, 0.15) is 5.82 Å². The van der Waals surface area contributed by atoms with Gasteiger partial charge in [-0.05, 0) is 36.6 Å². The third-order valence-electron chi connectivity index (χ3n) is 2.85. The molecule has 4 heteroatoms. The minimum atomic E-state index is -0.946. The highest BCUT2D eigenvalue weighted by Gasteiger charge is 2.11. The first kappa shape index (κ1) is 12.4. The molecule has 0 saturated heterocycles. The SMILES string of the molecule is Cc1cc(/C=C/C(=O)O)cnc1N1CC=CCC1. The van der Waals surface area contributed by atoms with Crippen molar-refractivity contribution in [2.75, 3.05) is 18.0 Å². The largest absolute Gasteiger partial charge is 0.478 e. The summed E-state index contributed by atoms with van der Waals surface area (Å²) < 4.78 is 0. The van der Waals surface area contributed by atoms with Crippen LogP contribution in [0.1, 0.15) is 17.5 Å². The Morgan fingerprint density at radius 2 is 2.33 bits per heavy atom. The maximum absolute atomic E-state index is 10.4. The molecule has 0 fully saturated rings. The second-order valence-corrected chi connectivity index (χ2v) is 4.29. The number of anilines is 1. The van der Waals surface area contributed by atoms with Crippen LogP contribution in [0.5, 0.6) is 0 Å². The second kappa shape index (κ2) is 5.49. The molecule has 1 aliphatic heterocycles. The van der Waals surface area contributed by atoms with Gasteiger partial charge in [-0.25, -0.2) is 9.78 Å². The average Bonchev–Trinajstić information content (AvgIpc) is 2.37. The van der Waals surface area contributed by atoms with E-state index in [0.717, 1.165) is 42.5 Å². The van der Waals surface area contributed by atoms with Gasteiger partial charge in [0.15, 0.2) is 0 Å². The highest BCUT2D eigenvalue weighted by molar-refractivity contribution is 5.85. The van der Waals surface area contributed by atoms with Crippen molar-refractivity contribution in [3.8, 4) is 0 Å². The highest BCUT2D eigenvalue weighted by Crippen LogP contribution is 2.20. The van der Waals surface area contributed by atoms with Crippen LogP contribution in [-0.4, -0.2) is 29.1 Å². The monoisotopic (exact) mass is 244 g/mol. The van der Waals surface area contributed by atoms with Crippen molar-refractivity contribution in [2.24, 2.45) is 0 Å². The molecule has 0 amide bonds. The lowest BCUT2D eigenvalue weighted by Gasteiger charge is -2.26. The molecular formula is C14H16N2O2. The predicted octanol–water partition coefficient (Wildman–Crippen LogP) is 2.25. The lowest BCUT2D eigenvalue weighted by atomic mass is 10.1. The van der Waals surface area contributed by atoms with Gasteiger partial charge in [-0.1, -0.05) is 12.2 Å². The van der Waals surface area contributed by atoms with E-state index in [4.69, 9.17) is 5.11 Å². The molecule has 94 valence electrons. The molecular weight excluding hydrogens is 228 g/mol. The summed E-state index contributed by atoms with van der Waals surface area (Å²) in [6.45, 7) is 3.87. The average molecular weight is 244 g/mol. The van der Waals surface area contributed by atoms with E-state index in [1.165, 1.54) is 0 Å². The van der Waals surface area contributed by atoms with Crippen LogP contribution in [0.4, 0.5) is 5.82 Å². The van der Waals surface area contributed by atoms with Gasteiger partial charge in [-0.15, -0.1) is 0 Å². The maximum atomic E-state index is 10.4. The Bertz CT molecular complexity index is 507. The van der Waals surface area contributed by atoms with E-state index in [1.807, 2.05) is 13.0 Å². The van der Waals surface area contributed by atoms with Crippen molar-refractivity contribution in [3.05, 3.63) is 41.6 Å². The standard InChI is InChI=1S/C14H16N2O2/c1-11-9-12(5-6-13(17)18)10-15-14(11)16-7-3-2-4-8-16/h2-3,5-6,9-10H,4,7-8H2,1H3,(H,17,18)/b6-5+. The van der Waals surface area contributed by atoms with Crippen molar-refractivity contribution in [1.29, 1.82) is 0 Å². The molecule has 2 heterocycles. The lowest BCUT2D eigenvalue weighted by molar-refractivity contribution is -0.131. The fourth-order valence-electron chi connectivity index (χ4n) is 2.01. The Morgan fingerprint density at radius 3 is 2.94 bits per heavy atom. The first-order valence-electron chi connectivity index (χ1n) is 5.94. The molecule has 0 unspecified atom stereocenters. The van der Waals surface area contributed by atoms with Crippen molar-refractivity contribution >= 4 is 17.9 Å². The van der Waals surface area contributed by atoms with E-state index in [2.05, 4.69) is 22.0 Å². The van der Waals surface area contributed by atoms with E-state index in [1.54, 1.807) is 12.3 Å². The van der Waals surface area contributed by atoms with E-state index < -0.39 is 5.97 Å². The normalized spacial score (nSPS) is 15.3. The smallest absolute Gasteiger partial charge is 0.328 e. The van der Waals surface area contributed by atoms with Crippen molar-refractivity contribution in [3.63, 3.8) is 0 Å². The highest BCUT2D eigenvalue weighted by atomic mass is 16.4. The number of carboxylic acids is 1. The number of aryl methyl sites for hydroxylation is 1. The Labute approximate surface area is 106 Å². The van der Waals surface area contributed by atoms with Crippen LogP contribution in [0.2, 0.25) is 0 Å². The molecule has 18 heavy (non-hydrogen) atoms. The molecule has 4 nitrogen and oxygen atoms in total. The fourth-order valence-corrected chi connectivity index (χ4v) is 2.01. The summed E-state index contributed by atoms with van der Waals surface area (Å²) in [5, 5.41) is 8.58. The Hall–Kier alpha value is -2.10. The van der Waals surface area contributed by atoms with Crippen molar-refractivity contribution in [2.45, 2.75) is 13.3 Å². The van der Waals surface area contributed by atoms with Gasteiger partial charge in [0, 0.05) is 25.4 Å². The summed E-state index contributed by atoms with van der Waals surface area (Å²) in [4.78, 5) is 17.1. The summed E-state index contributed by atoms with van der Waals surface area (Å²) in [7, 11) is 0. The minimum Gasteiger partial charge on any atom is -0.478 e. The molecule has 1 aromatic rings. The molecule has 0 spiro atoms. The molecule has 1 N–H and O–H groups in total. The number of aliphatic carboxylic acids is 1. The zero-order chi connectivity index (χ0) is 13.0. The van der Waals surface area contributed by atoms with Crippen LogP contribution in [0.3, 0.4) is 0 Å². The Balaban J connectivity index is 2.19. The third kappa shape index (κ3) is 2.97. The van der Waals surface area contributed by atoms with E-state index in [0.29, 0.717) is 0 Å². The predicted molar refractivity (Wildman–Crippen MR) is 71.6 cm³/mol. The van der Waals surface area contributed by atoms with Gasteiger partial charge < -0.3 is 10.0 Å². The maximum Gasteiger partial charge on any atom is 0.328 e. The van der Waals surface area contributed by atoms with E-state index >= 15 is 0 Å². The molecule has 0 aliphatic carbocycles. The van der Waals surface area contributed by atoms with Crippen LogP contribution in [0.15, 0.2) is 30.5 Å². The molecule has 0 atom stereocenters. The summed E-state index contributed by atoms with van der Waals surface area (Å²) in [5.74, 6) is 0.0322. The van der Waals surface area contributed by atoms with Gasteiger partial charge in [0.2, 0.25) is 0 Å². The van der Waals surface area contributed by atoms with Crippen LogP contribution >= 0.6 is 0 Å². The molecule has 0 radical (unpaired) electrons. The summed E-state index contributed by atoms with van der Waals surface area (Å²) in [6.07, 6.45) is 9.75. The van der Waals surface area contributed by atoms with Gasteiger partial charge in [0.25, 0.3) is 0 Å². The number of hydrogen-bond acceptors (Lipinski definition) is 3. The first-order chi connectivity index (χ1) is 8.66. The van der Waals surface area contributed by atoms with Crippen LogP contribution < -0.4 is 4.90 Å². The number of carbonyl (C=O) groups is 1. The number of nitrogens with zero attached hydrogens (tertiary/aromatic N) is 2. The number of aromatic nitrogens is 1. The topological polar surface area (TPSA) is 53.4 Å². The van der Waals surface area contributed by atoms with E-state index in [9.17, 15) is 4.79 Å². The molecule has 0 saturated carbocycles. The Kier molecular flexibility index (Phi) is 3.77. The molecule has 1 aromatic heterocycles. The van der Waals surface area contributed by atoms with E-state index in [-0.39, 0.29) is 0 Å². The number of carboxylic acid groups (broad SMARTS) is 1. The summed E-state index contributed by atoms with van der Waals surface area (Å²) in [6, 6.07) is 1.96. The number of pyridine rings is 1. The number of hydrogen-bond donors (Lipinski definition) is 1.